The van der Waals surface area contributed by atoms with Gasteiger partial charge in [-0.15, -0.1) is 0 Å². The molecule has 0 saturated heterocycles. The summed E-state index contributed by atoms with van der Waals surface area (Å²) in [6.07, 6.45) is 7.04. The molecule has 1 fully saturated rings. The van der Waals surface area contributed by atoms with E-state index in [2.05, 4.69) is 31.4 Å². The number of hydrogen-bond acceptors (Lipinski definition) is 4. The molecule has 0 radical (unpaired) electrons. The first-order valence-corrected chi connectivity index (χ1v) is 11.2. The van der Waals surface area contributed by atoms with Crippen molar-refractivity contribution in [3.8, 4) is 5.75 Å². The van der Waals surface area contributed by atoms with Gasteiger partial charge in [-0.25, -0.2) is 0 Å². The summed E-state index contributed by atoms with van der Waals surface area (Å²) < 4.78 is 7.38. The van der Waals surface area contributed by atoms with E-state index in [1.165, 1.54) is 0 Å². The van der Waals surface area contributed by atoms with Crippen molar-refractivity contribution >= 4 is 18.3 Å². The molecule has 0 atom stereocenters. The van der Waals surface area contributed by atoms with Crippen LogP contribution < -0.4 is 15.4 Å². The number of nitrogens with zero attached hydrogens (tertiary/aromatic N) is 1. The molecular weight excluding hydrogens is 422 g/mol. The summed E-state index contributed by atoms with van der Waals surface area (Å²) in [6, 6.07) is 9.68. The summed E-state index contributed by atoms with van der Waals surface area (Å²) in [5.41, 5.74) is 1.60. The Hall–Kier alpha value is -3.29. The molecule has 1 saturated carbocycles. The van der Waals surface area contributed by atoms with Crippen molar-refractivity contribution in [1.82, 2.24) is 15.2 Å². The highest BCUT2D eigenvalue weighted by molar-refractivity contribution is 5.94. The first-order valence-electron chi connectivity index (χ1n) is 11.2. The second-order valence-electron chi connectivity index (χ2n) is 9.14. The van der Waals surface area contributed by atoms with Crippen LogP contribution in [0.3, 0.4) is 0 Å². The molecule has 0 unspecified atom stereocenters. The van der Waals surface area contributed by atoms with Crippen molar-refractivity contribution in [2.75, 3.05) is 7.11 Å². The Bertz CT molecular complexity index is 924. The number of para-hydroxylation sites is 1. The van der Waals surface area contributed by atoms with Crippen LogP contribution in [0.15, 0.2) is 42.7 Å². The van der Waals surface area contributed by atoms with E-state index in [0.29, 0.717) is 12.1 Å². The zero-order valence-corrected chi connectivity index (χ0v) is 19.8. The van der Waals surface area contributed by atoms with Gasteiger partial charge in [-0.1, -0.05) is 18.2 Å². The third-order valence-corrected chi connectivity index (χ3v) is 5.81. The van der Waals surface area contributed by atoms with Crippen LogP contribution in [0, 0.1) is 5.92 Å². The van der Waals surface area contributed by atoms with Gasteiger partial charge >= 0.3 is 0 Å². The van der Waals surface area contributed by atoms with Crippen molar-refractivity contribution in [3.63, 3.8) is 0 Å². The van der Waals surface area contributed by atoms with Gasteiger partial charge in [0.15, 0.2) is 0 Å². The zero-order valence-electron chi connectivity index (χ0n) is 19.8. The highest BCUT2D eigenvalue weighted by Crippen LogP contribution is 2.25. The lowest BCUT2D eigenvalue weighted by Crippen LogP contribution is -2.40. The third-order valence-electron chi connectivity index (χ3n) is 5.81. The van der Waals surface area contributed by atoms with Crippen molar-refractivity contribution in [1.29, 1.82) is 0 Å². The standard InChI is InChI=1S/C24H33N3O3.CH2O2/c1-24(2,3)27-14-13-19(16-27)23(29)26-20-11-9-17(10-12-20)22(28)25-15-18-7-5-6-8-21(18)30-4;2-1-3/h5-8,13-14,16-17,20H,9-12,15H2,1-4H3,(H,25,28)(H,26,29);1H,(H,2,3). The Labute approximate surface area is 195 Å². The molecule has 0 bridgehead atoms. The molecule has 0 spiro atoms. The summed E-state index contributed by atoms with van der Waals surface area (Å²) in [4.78, 5) is 33.5. The van der Waals surface area contributed by atoms with E-state index in [1.54, 1.807) is 7.11 Å². The fourth-order valence-corrected chi connectivity index (χ4v) is 3.89. The predicted octanol–water partition coefficient (Wildman–Crippen LogP) is 3.56. The third kappa shape index (κ3) is 7.66. The highest BCUT2D eigenvalue weighted by atomic mass is 16.5. The lowest BCUT2D eigenvalue weighted by atomic mass is 9.85. The lowest BCUT2D eigenvalue weighted by Gasteiger charge is -2.28. The van der Waals surface area contributed by atoms with Gasteiger partial charge in [-0.3, -0.25) is 14.4 Å². The maximum Gasteiger partial charge on any atom is 0.290 e. The molecule has 8 heteroatoms. The molecule has 3 rings (SSSR count). The number of methoxy groups -OCH3 is 1. The normalized spacial score (nSPS) is 17.8. The number of ether oxygens (including phenoxy) is 1. The molecule has 2 amide bonds. The molecule has 1 aliphatic carbocycles. The average Bonchev–Trinajstić information content (AvgIpc) is 3.30. The number of rotatable bonds is 6. The fourth-order valence-electron chi connectivity index (χ4n) is 3.89. The van der Waals surface area contributed by atoms with Crippen LogP contribution in [-0.4, -0.2) is 41.1 Å². The van der Waals surface area contributed by atoms with Crippen LogP contribution in [0.4, 0.5) is 0 Å². The van der Waals surface area contributed by atoms with Crippen LogP contribution in [-0.2, 0) is 21.7 Å². The quantitative estimate of drug-likeness (QED) is 0.575. The minimum Gasteiger partial charge on any atom is -0.496 e. The molecule has 1 aromatic carbocycles. The number of carbonyl (C=O) groups excluding carboxylic acids is 2. The van der Waals surface area contributed by atoms with Gasteiger partial charge in [0.2, 0.25) is 5.91 Å². The van der Waals surface area contributed by atoms with E-state index in [4.69, 9.17) is 14.6 Å². The maximum atomic E-state index is 12.6. The van der Waals surface area contributed by atoms with E-state index >= 15 is 0 Å². The van der Waals surface area contributed by atoms with Crippen LogP contribution in [0.1, 0.15) is 62.4 Å². The lowest BCUT2D eigenvalue weighted by molar-refractivity contribution is -0.126. The summed E-state index contributed by atoms with van der Waals surface area (Å²) >= 11 is 0. The number of amides is 2. The van der Waals surface area contributed by atoms with Crippen LogP contribution in [0.25, 0.3) is 0 Å². The summed E-state index contributed by atoms with van der Waals surface area (Å²) in [6.45, 7) is 6.53. The number of carboxylic acid groups (broad SMARTS) is 1. The second kappa shape index (κ2) is 12.1. The van der Waals surface area contributed by atoms with Gasteiger partial charge in [-0.2, -0.15) is 0 Å². The minimum absolute atomic E-state index is 0.00478. The molecule has 2 aromatic rings. The molecule has 1 aromatic heterocycles. The van der Waals surface area contributed by atoms with Crippen LogP contribution in [0.5, 0.6) is 5.75 Å². The SMILES string of the molecule is COc1ccccc1CNC(=O)C1CCC(NC(=O)c2ccn(C(C)(C)C)c2)CC1.O=CO. The number of aromatic nitrogens is 1. The summed E-state index contributed by atoms with van der Waals surface area (Å²) in [5.74, 6) is 0.814. The molecule has 8 nitrogen and oxygen atoms in total. The predicted molar refractivity (Wildman–Crippen MR) is 126 cm³/mol. The van der Waals surface area contributed by atoms with Crippen LogP contribution in [0.2, 0.25) is 0 Å². The fraction of sp³-hybridized carbons (Fsp3) is 0.480. The number of hydrogen-bond donors (Lipinski definition) is 3. The summed E-state index contributed by atoms with van der Waals surface area (Å²) in [7, 11) is 1.63. The Morgan fingerprint density at radius 3 is 2.36 bits per heavy atom. The zero-order chi connectivity index (χ0) is 24.4. The first kappa shape index (κ1) is 26.0. The number of nitrogens with one attached hydrogen (secondary N) is 2. The molecule has 1 aliphatic rings. The van der Waals surface area contributed by atoms with Crippen molar-refractivity contribution in [2.45, 2.75) is 64.6 Å². The summed E-state index contributed by atoms with van der Waals surface area (Å²) in [5, 5.41) is 13.1. The van der Waals surface area contributed by atoms with E-state index in [1.807, 2.05) is 47.3 Å². The number of carbonyl (C=O) groups is 3. The van der Waals surface area contributed by atoms with Gasteiger partial charge in [-0.05, 0) is 58.6 Å². The molecule has 3 N–H and O–H groups in total. The monoisotopic (exact) mass is 457 g/mol. The second-order valence-corrected chi connectivity index (χ2v) is 9.14. The molecule has 33 heavy (non-hydrogen) atoms. The molecule has 180 valence electrons. The molecule has 0 aliphatic heterocycles. The van der Waals surface area contributed by atoms with E-state index in [9.17, 15) is 9.59 Å². The highest BCUT2D eigenvalue weighted by Gasteiger charge is 2.27. The maximum absolute atomic E-state index is 12.6. The van der Waals surface area contributed by atoms with Gasteiger partial charge in [0.25, 0.3) is 12.4 Å². The van der Waals surface area contributed by atoms with E-state index < -0.39 is 0 Å². The van der Waals surface area contributed by atoms with Gasteiger partial charge < -0.3 is 25.0 Å². The minimum atomic E-state index is -0.250. The Morgan fingerprint density at radius 2 is 1.79 bits per heavy atom. The Morgan fingerprint density at radius 1 is 1.15 bits per heavy atom. The van der Waals surface area contributed by atoms with Gasteiger partial charge in [0.1, 0.15) is 5.75 Å². The largest absolute Gasteiger partial charge is 0.496 e. The first-order chi connectivity index (χ1) is 15.7. The van der Waals surface area contributed by atoms with Crippen LogP contribution >= 0.6 is 0 Å². The Kier molecular flexibility index (Phi) is 9.51. The van der Waals surface area contributed by atoms with Crippen molar-refractivity contribution in [3.05, 3.63) is 53.9 Å². The number of benzene rings is 1. The van der Waals surface area contributed by atoms with E-state index in [-0.39, 0.29) is 35.8 Å². The van der Waals surface area contributed by atoms with Crippen molar-refractivity contribution < 1.29 is 24.2 Å². The smallest absolute Gasteiger partial charge is 0.290 e. The van der Waals surface area contributed by atoms with E-state index in [0.717, 1.165) is 37.0 Å². The average molecular weight is 458 g/mol. The Balaban J connectivity index is 0.00000122. The van der Waals surface area contributed by atoms with Crippen molar-refractivity contribution in [2.24, 2.45) is 5.92 Å². The molecular formula is C25H35N3O5. The topological polar surface area (TPSA) is 110 Å². The van der Waals surface area contributed by atoms with Gasteiger partial charge in [0.05, 0.1) is 12.7 Å². The molecule has 1 heterocycles. The van der Waals surface area contributed by atoms with Gasteiger partial charge in [0, 0.05) is 42.0 Å².